The number of para-hydroxylation sites is 1. The number of nitrogens with zero attached hydrogens (tertiary/aromatic N) is 4. The Hall–Kier alpha value is -4.98. The summed E-state index contributed by atoms with van der Waals surface area (Å²) in [5, 5.41) is 8.03. The number of rotatable bonds is 6. The molecule has 202 valence electrons. The van der Waals surface area contributed by atoms with Crippen LogP contribution in [-0.2, 0) is 6.54 Å². The van der Waals surface area contributed by atoms with Crippen LogP contribution in [0.25, 0.3) is 11.5 Å². The Labute approximate surface area is 233 Å². The molecule has 1 aliphatic rings. The van der Waals surface area contributed by atoms with Crippen molar-refractivity contribution in [3.05, 3.63) is 120 Å². The number of carbonyl (C=O) groups is 1. The first-order valence-corrected chi connectivity index (χ1v) is 13.3. The average molecular weight is 534 g/mol. The van der Waals surface area contributed by atoms with E-state index in [1.165, 1.54) is 0 Å². The van der Waals surface area contributed by atoms with Crippen molar-refractivity contribution in [3.63, 3.8) is 0 Å². The molecule has 1 atom stereocenters. The number of aryl methyl sites for hydroxylation is 1. The lowest BCUT2D eigenvalue weighted by Gasteiger charge is -2.31. The molecule has 2 amide bonds. The summed E-state index contributed by atoms with van der Waals surface area (Å²) in [4.78, 5) is 16.0. The molecule has 0 aliphatic carbocycles. The van der Waals surface area contributed by atoms with E-state index in [0.29, 0.717) is 18.8 Å². The fraction of sp³-hybridized carbons (Fsp3) is 0.188. The highest BCUT2D eigenvalue weighted by atomic mass is 16.5. The van der Waals surface area contributed by atoms with Crippen molar-refractivity contribution in [2.45, 2.75) is 26.4 Å². The number of urea groups is 1. The number of methoxy groups -OCH3 is 1. The minimum Gasteiger partial charge on any atom is -0.497 e. The lowest BCUT2D eigenvalue weighted by molar-refractivity contribution is 0.194. The van der Waals surface area contributed by atoms with Crippen molar-refractivity contribution >= 4 is 11.7 Å². The van der Waals surface area contributed by atoms with Crippen LogP contribution in [-0.4, -0.2) is 39.0 Å². The van der Waals surface area contributed by atoms with E-state index >= 15 is 0 Å². The largest absolute Gasteiger partial charge is 0.497 e. The molecule has 8 heteroatoms. The molecule has 8 nitrogen and oxygen atoms in total. The van der Waals surface area contributed by atoms with Gasteiger partial charge in [0.25, 0.3) is 0 Å². The Balaban J connectivity index is 1.47. The summed E-state index contributed by atoms with van der Waals surface area (Å²) in [5.74, 6) is 2.45. The minimum absolute atomic E-state index is 0.211. The van der Waals surface area contributed by atoms with E-state index in [1.807, 2.05) is 115 Å². The second-order valence-electron chi connectivity index (χ2n) is 9.63. The Bertz CT molecular complexity index is 1620. The van der Waals surface area contributed by atoms with Crippen LogP contribution in [0.15, 0.2) is 97.2 Å². The highest BCUT2D eigenvalue weighted by molar-refractivity contribution is 5.90. The molecule has 0 bridgehead atoms. The Morgan fingerprint density at radius 2 is 1.68 bits per heavy atom. The standard InChI is InChI=1S/C32H31N5O3/c1-4-40-27-18-14-24(15-19-27)33-32(38)36-21-28-22(2)34-37(25-9-6-5-7-10-25)31(28)35-20-8-11-29(35)30(36)23-12-16-26(39-3)17-13-23/h5-20,30H,4,21H2,1-3H3,(H,33,38)/t30-/m1/s1. The third kappa shape index (κ3) is 4.58. The topological polar surface area (TPSA) is 73.5 Å². The summed E-state index contributed by atoms with van der Waals surface area (Å²) in [6.45, 7) is 4.90. The molecule has 0 unspecified atom stereocenters. The highest BCUT2D eigenvalue weighted by Gasteiger charge is 2.36. The Morgan fingerprint density at radius 3 is 2.38 bits per heavy atom. The van der Waals surface area contributed by atoms with Crippen LogP contribution in [0.3, 0.4) is 0 Å². The lowest BCUT2D eigenvalue weighted by atomic mass is 10.0. The molecule has 3 heterocycles. The number of carbonyl (C=O) groups excluding carboxylic acids is 1. The van der Waals surface area contributed by atoms with E-state index in [-0.39, 0.29) is 12.1 Å². The summed E-state index contributed by atoms with van der Waals surface area (Å²) < 4.78 is 15.1. The van der Waals surface area contributed by atoms with Crippen molar-refractivity contribution in [3.8, 4) is 23.0 Å². The van der Waals surface area contributed by atoms with E-state index in [0.717, 1.165) is 45.5 Å². The minimum atomic E-state index is -0.361. The first-order chi connectivity index (χ1) is 19.6. The number of benzene rings is 3. The summed E-state index contributed by atoms with van der Waals surface area (Å²) in [5.41, 5.74) is 5.44. The van der Waals surface area contributed by atoms with E-state index in [9.17, 15) is 4.79 Å². The van der Waals surface area contributed by atoms with Gasteiger partial charge in [-0.25, -0.2) is 9.48 Å². The number of hydrogen-bond acceptors (Lipinski definition) is 4. The van der Waals surface area contributed by atoms with Crippen LogP contribution in [0.2, 0.25) is 0 Å². The Kier molecular flexibility index (Phi) is 6.74. The number of hydrogen-bond donors (Lipinski definition) is 1. The van der Waals surface area contributed by atoms with E-state index in [2.05, 4.69) is 16.0 Å². The number of ether oxygens (including phenoxy) is 2. The molecule has 1 aliphatic heterocycles. The van der Waals surface area contributed by atoms with Gasteiger partial charge in [-0.2, -0.15) is 5.10 Å². The zero-order valence-electron chi connectivity index (χ0n) is 22.7. The molecule has 2 aromatic heterocycles. The van der Waals surface area contributed by atoms with Gasteiger partial charge in [0.1, 0.15) is 17.3 Å². The van der Waals surface area contributed by atoms with Crippen LogP contribution in [0.1, 0.15) is 35.5 Å². The summed E-state index contributed by atoms with van der Waals surface area (Å²) in [6, 6.07) is 28.9. The van der Waals surface area contributed by atoms with Crippen molar-refractivity contribution in [2.24, 2.45) is 0 Å². The number of amides is 2. The van der Waals surface area contributed by atoms with Gasteiger partial charge in [-0.05, 0) is 80.1 Å². The molecule has 1 N–H and O–H groups in total. The van der Waals surface area contributed by atoms with Crippen LogP contribution >= 0.6 is 0 Å². The SMILES string of the molecule is CCOc1ccc(NC(=O)N2Cc3c(C)nn(-c4ccccc4)c3-n3cccc3[C@H]2c2ccc(OC)cc2)cc1. The molecular formula is C32H31N5O3. The van der Waals surface area contributed by atoms with Gasteiger partial charge in [-0.15, -0.1) is 0 Å². The van der Waals surface area contributed by atoms with Crippen LogP contribution < -0.4 is 14.8 Å². The zero-order valence-corrected chi connectivity index (χ0v) is 22.7. The highest BCUT2D eigenvalue weighted by Crippen LogP contribution is 2.39. The fourth-order valence-electron chi connectivity index (χ4n) is 5.28. The summed E-state index contributed by atoms with van der Waals surface area (Å²) in [6.07, 6.45) is 2.04. The predicted molar refractivity (Wildman–Crippen MR) is 155 cm³/mol. The van der Waals surface area contributed by atoms with Crippen molar-refractivity contribution < 1.29 is 14.3 Å². The maximum atomic E-state index is 14.1. The van der Waals surface area contributed by atoms with Gasteiger partial charge < -0.3 is 24.3 Å². The molecule has 6 rings (SSSR count). The van der Waals surface area contributed by atoms with Crippen LogP contribution in [0, 0.1) is 6.92 Å². The lowest BCUT2D eigenvalue weighted by Crippen LogP contribution is -2.38. The number of aromatic nitrogens is 3. The number of nitrogens with one attached hydrogen (secondary N) is 1. The first-order valence-electron chi connectivity index (χ1n) is 13.3. The smallest absolute Gasteiger partial charge is 0.322 e. The number of fused-ring (bicyclic) bond motifs is 3. The molecule has 0 fully saturated rings. The van der Waals surface area contributed by atoms with Crippen molar-refractivity contribution in [2.75, 3.05) is 19.0 Å². The van der Waals surface area contributed by atoms with E-state index < -0.39 is 0 Å². The molecule has 0 radical (unpaired) electrons. The van der Waals surface area contributed by atoms with Gasteiger partial charge in [0.2, 0.25) is 0 Å². The van der Waals surface area contributed by atoms with Crippen molar-refractivity contribution in [1.82, 2.24) is 19.2 Å². The van der Waals surface area contributed by atoms with Crippen molar-refractivity contribution in [1.29, 1.82) is 0 Å². The zero-order chi connectivity index (χ0) is 27.6. The van der Waals surface area contributed by atoms with Gasteiger partial charge in [0.05, 0.1) is 43.4 Å². The third-order valence-electron chi connectivity index (χ3n) is 7.20. The molecular weight excluding hydrogens is 502 g/mol. The normalized spacial score (nSPS) is 14.2. The van der Waals surface area contributed by atoms with Gasteiger partial charge in [-0.1, -0.05) is 30.3 Å². The molecule has 3 aromatic carbocycles. The maximum Gasteiger partial charge on any atom is 0.322 e. The van der Waals surface area contributed by atoms with Crippen LogP contribution in [0.5, 0.6) is 11.5 Å². The third-order valence-corrected chi connectivity index (χ3v) is 7.20. The first kappa shape index (κ1) is 25.3. The summed E-state index contributed by atoms with van der Waals surface area (Å²) in [7, 11) is 1.65. The monoisotopic (exact) mass is 533 g/mol. The van der Waals surface area contributed by atoms with E-state index in [4.69, 9.17) is 14.6 Å². The second kappa shape index (κ2) is 10.6. The van der Waals surface area contributed by atoms with Gasteiger partial charge in [-0.3, -0.25) is 0 Å². The Morgan fingerprint density at radius 1 is 0.950 bits per heavy atom. The van der Waals surface area contributed by atoms with E-state index in [1.54, 1.807) is 7.11 Å². The fourth-order valence-corrected chi connectivity index (χ4v) is 5.28. The average Bonchev–Trinajstić information content (AvgIpc) is 3.55. The van der Waals surface area contributed by atoms with Crippen LogP contribution in [0.4, 0.5) is 10.5 Å². The molecule has 40 heavy (non-hydrogen) atoms. The quantitative estimate of drug-likeness (QED) is 0.270. The molecule has 0 saturated heterocycles. The number of anilines is 1. The molecule has 0 spiro atoms. The van der Waals surface area contributed by atoms with Gasteiger partial charge in [0, 0.05) is 17.4 Å². The maximum absolute atomic E-state index is 14.1. The second-order valence-corrected chi connectivity index (χ2v) is 9.63. The molecule has 5 aromatic rings. The van der Waals surface area contributed by atoms with Gasteiger partial charge in [0.15, 0.2) is 0 Å². The predicted octanol–water partition coefficient (Wildman–Crippen LogP) is 6.52. The summed E-state index contributed by atoms with van der Waals surface area (Å²) >= 11 is 0. The molecule has 0 saturated carbocycles. The van der Waals surface area contributed by atoms with Gasteiger partial charge >= 0.3 is 6.03 Å².